The van der Waals surface area contributed by atoms with Crippen LogP contribution in [-0.2, 0) is 19.6 Å². The second-order valence-corrected chi connectivity index (χ2v) is 7.24. The number of aromatic nitrogens is 2. The summed E-state index contributed by atoms with van der Waals surface area (Å²) in [4.78, 5) is 10.9. The number of nitrogens with zero attached hydrogens (tertiary/aromatic N) is 3. The normalized spacial score (nSPS) is 20.8. The number of hydrogen-bond acceptors (Lipinski definition) is 8. The van der Waals surface area contributed by atoms with Gasteiger partial charge in [0.05, 0.1) is 12.7 Å². The molecule has 0 saturated carbocycles. The molecule has 112 valence electrons. The predicted molar refractivity (Wildman–Crippen MR) is 71.8 cm³/mol. The molecule has 2 rings (SSSR count). The number of carbonyl (C=O) groups is 1. The van der Waals surface area contributed by atoms with Crippen LogP contribution < -0.4 is 11.1 Å². The van der Waals surface area contributed by atoms with Crippen molar-refractivity contribution in [3.63, 3.8) is 0 Å². The molecule has 0 bridgehead atoms. The van der Waals surface area contributed by atoms with Crippen LogP contribution in [-0.4, -0.2) is 61.2 Å². The first-order valence-corrected chi connectivity index (χ1v) is 8.12. The molecule has 20 heavy (non-hydrogen) atoms. The SMILES string of the molecule is CC(=O)Nc1nnc(S(=O)(=O)N2CCOC(CN)C2)s1. The molecule has 1 aromatic heterocycles. The van der Waals surface area contributed by atoms with Crippen LogP contribution in [0.4, 0.5) is 5.13 Å². The van der Waals surface area contributed by atoms with Crippen molar-refractivity contribution in [3.8, 4) is 0 Å². The molecule has 1 unspecified atom stereocenters. The fourth-order valence-corrected chi connectivity index (χ4v) is 4.22. The maximum Gasteiger partial charge on any atom is 0.272 e. The van der Waals surface area contributed by atoms with Crippen LogP contribution in [0.2, 0.25) is 0 Å². The Morgan fingerprint density at radius 3 is 3.00 bits per heavy atom. The van der Waals surface area contributed by atoms with Gasteiger partial charge >= 0.3 is 0 Å². The van der Waals surface area contributed by atoms with E-state index in [-0.39, 0.29) is 41.1 Å². The topological polar surface area (TPSA) is 128 Å². The van der Waals surface area contributed by atoms with Crippen molar-refractivity contribution < 1.29 is 17.9 Å². The van der Waals surface area contributed by atoms with E-state index in [4.69, 9.17) is 10.5 Å². The molecular formula is C9H15N5O4S2. The standard InChI is InChI=1S/C9H15N5O4S2/c1-6(15)11-8-12-13-9(19-8)20(16,17)14-2-3-18-7(4-10)5-14/h7H,2-5,10H2,1H3,(H,11,12,15). The molecule has 11 heteroatoms. The molecule has 1 saturated heterocycles. The quantitative estimate of drug-likeness (QED) is 0.670. The van der Waals surface area contributed by atoms with Gasteiger partial charge in [-0.25, -0.2) is 8.42 Å². The van der Waals surface area contributed by atoms with Gasteiger partial charge in [-0.05, 0) is 0 Å². The highest BCUT2D eigenvalue weighted by atomic mass is 32.2. The van der Waals surface area contributed by atoms with Gasteiger partial charge in [0.15, 0.2) is 0 Å². The first-order chi connectivity index (χ1) is 9.43. The molecule has 0 spiro atoms. The molecule has 1 aliphatic heterocycles. The van der Waals surface area contributed by atoms with E-state index < -0.39 is 10.0 Å². The van der Waals surface area contributed by atoms with E-state index in [0.29, 0.717) is 6.61 Å². The van der Waals surface area contributed by atoms with E-state index in [1.165, 1.54) is 11.2 Å². The number of morpholine rings is 1. The maximum absolute atomic E-state index is 12.4. The number of carbonyl (C=O) groups excluding carboxylic acids is 1. The summed E-state index contributed by atoms with van der Waals surface area (Å²) in [6.07, 6.45) is -0.318. The van der Waals surface area contributed by atoms with Gasteiger partial charge in [-0.1, -0.05) is 11.3 Å². The minimum atomic E-state index is -3.73. The first kappa shape index (κ1) is 15.3. The molecule has 9 nitrogen and oxygen atoms in total. The van der Waals surface area contributed by atoms with E-state index in [9.17, 15) is 13.2 Å². The molecule has 1 aliphatic rings. The smallest absolute Gasteiger partial charge is 0.272 e. The van der Waals surface area contributed by atoms with Gasteiger partial charge in [0.25, 0.3) is 10.0 Å². The number of amides is 1. The Hall–Kier alpha value is -1.14. The first-order valence-electron chi connectivity index (χ1n) is 5.86. The van der Waals surface area contributed by atoms with Crippen LogP contribution in [0.15, 0.2) is 4.34 Å². The molecule has 1 aromatic rings. The van der Waals surface area contributed by atoms with Crippen LogP contribution in [0.5, 0.6) is 0 Å². The van der Waals surface area contributed by atoms with Crippen molar-refractivity contribution in [1.29, 1.82) is 0 Å². The van der Waals surface area contributed by atoms with E-state index in [0.717, 1.165) is 11.3 Å². The number of anilines is 1. The average Bonchev–Trinajstić information content (AvgIpc) is 2.87. The molecular weight excluding hydrogens is 306 g/mol. The molecule has 2 heterocycles. The lowest BCUT2D eigenvalue weighted by molar-refractivity contribution is -0.114. The zero-order valence-electron chi connectivity index (χ0n) is 10.8. The van der Waals surface area contributed by atoms with Gasteiger partial charge in [-0.15, -0.1) is 10.2 Å². The second kappa shape index (κ2) is 6.10. The summed E-state index contributed by atoms with van der Waals surface area (Å²) in [6, 6.07) is 0. The van der Waals surface area contributed by atoms with E-state index in [2.05, 4.69) is 15.5 Å². The Morgan fingerprint density at radius 2 is 2.35 bits per heavy atom. The Morgan fingerprint density at radius 1 is 1.60 bits per heavy atom. The van der Waals surface area contributed by atoms with Crippen molar-refractivity contribution >= 4 is 32.4 Å². The lowest BCUT2D eigenvalue weighted by atomic mass is 10.3. The minimum absolute atomic E-state index is 0.153. The summed E-state index contributed by atoms with van der Waals surface area (Å²) < 4.78 is 31.2. The molecule has 1 amide bonds. The van der Waals surface area contributed by atoms with E-state index in [1.807, 2.05) is 0 Å². The van der Waals surface area contributed by atoms with Gasteiger partial charge < -0.3 is 15.8 Å². The highest BCUT2D eigenvalue weighted by molar-refractivity contribution is 7.91. The number of rotatable bonds is 4. The van der Waals surface area contributed by atoms with Crippen molar-refractivity contribution in [2.45, 2.75) is 17.4 Å². The Balaban J connectivity index is 2.17. The van der Waals surface area contributed by atoms with Crippen molar-refractivity contribution in [2.75, 3.05) is 31.6 Å². The number of nitrogens with two attached hydrogens (primary N) is 1. The van der Waals surface area contributed by atoms with Gasteiger partial charge in [-0.3, -0.25) is 4.79 Å². The summed E-state index contributed by atoms with van der Waals surface area (Å²) in [6.45, 7) is 2.28. The van der Waals surface area contributed by atoms with Gasteiger partial charge in [0, 0.05) is 26.6 Å². The predicted octanol–water partition coefficient (Wildman–Crippen LogP) is -1.16. The summed E-state index contributed by atoms with van der Waals surface area (Å²) in [7, 11) is -3.73. The van der Waals surface area contributed by atoms with Crippen molar-refractivity contribution in [1.82, 2.24) is 14.5 Å². The zero-order valence-corrected chi connectivity index (χ0v) is 12.4. The number of ether oxygens (including phenoxy) is 1. The highest BCUT2D eigenvalue weighted by Crippen LogP contribution is 2.24. The monoisotopic (exact) mass is 321 g/mol. The molecule has 3 N–H and O–H groups in total. The fraction of sp³-hybridized carbons (Fsp3) is 0.667. The zero-order chi connectivity index (χ0) is 14.8. The third kappa shape index (κ3) is 3.30. The Labute approximate surface area is 120 Å². The molecule has 1 fully saturated rings. The summed E-state index contributed by atoms with van der Waals surface area (Å²) in [5.74, 6) is -0.334. The Bertz CT molecular complexity index is 587. The van der Waals surface area contributed by atoms with Crippen LogP contribution >= 0.6 is 11.3 Å². The largest absolute Gasteiger partial charge is 0.374 e. The second-order valence-electron chi connectivity index (χ2n) is 4.15. The lowest BCUT2D eigenvalue weighted by Gasteiger charge is -2.30. The van der Waals surface area contributed by atoms with Gasteiger partial charge in [0.2, 0.25) is 15.4 Å². The van der Waals surface area contributed by atoms with Crippen molar-refractivity contribution in [2.24, 2.45) is 5.73 Å². The fourth-order valence-electron chi connectivity index (χ4n) is 1.68. The number of hydrogen-bond donors (Lipinski definition) is 2. The van der Waals surface area contributed by atoms with Gasteiger partial charge in [0.1, 0.15) is 0 Å². The third-order valence-electron chi connectivity index (χ3n) is 2.61. The Kier molecular flexibility index (Phi) is 4.65. The van der Waals surface area contributed by atoms with E-state index in [1.54, 1.807) is 0 Å². The molecule has 0 aliphatic carbocycles. The minimum Gasteiger partial charge on any atom is -0.374 e. The average molecular weight is 321 g/mol. The van der Waals surface area contributed by atoms with Crippen LogP contribution in [0.3, 0.4) is 0 Å². The summed E-state index contributed by atoms with van der Waals surface area (Å²) in [5.41, 5.74) is 5.49. The summed E-state index contributed by atoms with van der Waals surface area (Å²) >= 11 is 0.815. The van der Waals surface area contributed by atoms with E-state index >= 15 is 0 Å². The van der Waals surface area contributed by atoms with Crippen LogP contribution in [0.1, 0.15) is 6.92 Å². The number of sulfonamides is 1. The van der Waals surface area contributed by atoms with Crippen LogP contribution in [0, 0.1) is 0 Å². The molecule has 1 atom stereocenters. The molecule has 0 radical (unpaired) electrons. The third-order valence-corrected chi connectivity index (χ3v) is 5.66. The van der Waals surface area contributed by atoms with Crippen molar-refractivity contribution in [3.05, 3.63) is 0 Å². The van der Waals surface area contributed by atoms with Gasteiger partial charge in [-0.2, -0.15) is 4.31 Å². The highest BCUT2D eigenvalue weighted by Gasteiger charge is 2.33. The van der Waals surface area contributed by atoms with Crippen LogP contribution in [0.25, 0.3) is 0 Å². The maximum atomic E-state index is 12.4. The number of nitrogens with one attached hydrogen (secondary N) is 1. The summed E-state index contributed by atoms with van der Waals surface area (Å²) in [5, 5.41) is 9.80. The molecule has 0 aromatic carbocycles. The lowest BCUT2D eigenvalue weighted by Crippen LogP contribution is -2.48.